The highest BCUT2D eigenvalue weighted by Crippen LogP contribution is 2.37. The molecule has 0 atom stereocenters. The Balaban J connectivity index is 1.74. The van der Waals surface area contributed by atoms with E-state index in [0.29, 0.717) is 29.7 Å². The zero-order chi connectivity index (χ0) is 23.1. The highest BCUT2D eigenvalue weighted by molar-refractivity contribution is 9.10. The fourth-order valence-electron chi connectivity index (χ4n) is 2.98. The van der Waals surface area contributed by atoms with Gasteiger partial charge in [0.15, 0.2) is 11.5 Å². The summed E-state index contributed by atoms with van der Waals surface area (Å²) in [6.45, 7) is 4.56. The molecule has 7 heteroatoms. The number of carbonyl (C=O) groups excluding carboxylic acids is 1. The fourth-order valence-corrected chi connectivity index (χ4v) is 3.62. The molecule has 0 unspecified atom stereocenters. The van der Waals surface area contributed by atoms with Gasteiger partial charge in [0.25, 0.3) is 0 Å². The van der Waals surface area contributed by atoms with Gasteiger partial charge in [0, 0.05) is 44.5 Å². The molecule has 0 saturated carbocycles. The quantitative estimate of drug-likeness (QED) is 0.324. The number of hydrogen-bond acceptors (Lipinski definition) is 4. The topological polar surface area (TPSA) is 59.6 Å². The zero-order valence-electron chi connectivity index (χ0n) is 18.2. The summed E-state index contributed by atoms with van der Waals surface area (Å²) < 4.78 is 12.6. The van der Waals surface area contributed by atoms with Crippen molar-refractivity contribution in [2.75, 3.05) is 17.7 Å². The smallest absolute Gasteiger partial charge is 0.226 e. The van der Waals surface area contributed by atoms with Crippen molar-refractivity contribution in [3.8, 4) is 11.5 Å². The first-order chi connectivity index (χ1) is 15.4. The molecule has 0 aliphatic carbocycles. The Morgan fingerprint density at radius 1 is 1.03 bits per heavy atom. The largest absolute Gasteiger partial charge is 0.493 e. The number of hydrogen-bond donors (Lipinski definition) is 2. The summed E-state index contributed by atoms with van der Waals surface area (Å²) in [5.74, 6) is 1.22. The number of ether oxygens (including phenoxy) is 2. The first kappa shape index (κ1) is 24.0. The molecule has 0 spiro atoms. The number of carbonyl (C=O) groups is 1. The van der Waals surface area contributed by atoms with E-state index in [-0.39, 0.29) is 11.8 Å². The number of methoxy groups -OCH3 is 1. The monoisotopic (exact) mass is 516 g/mol. The van der Waals surface area contributed by atoms with Crippen LogP contribution in [0.15, 0.2) is 65.1 Å². The SMILES string of the molecule is COc1ccc(Br)c(CNc2ccc(NC(=O)C(C)C)cc2)c1OCc1ccccc1Cl. The highest BCUT2D eigenvalue weighted by Gasteiger charge is 2.16. The maximum Gasteiger partial charge on any atom is 0.226 e. The van der Waals surface area contributed by atoms with Crippen LogP contribution in [-0.4, -0.2) is 13.0 Å². The molecule has 0 aliphatic rings. The number of rotatable bonds is 9. The number of benzene rings is 3. The van der Waals surface area contributed by atoms with Crippen LogP contribution in [0.4, 0.5) is 11.4 Å². The third kappa shape index (κ3) is 6.17. The maximum absolute atomic E-state index is 11.9. The highest BCUT2D eigenvalue weighted by atomic mass is 79.9. The Labute approximate surface area is 202 Å². The van der Waals surface area contributed by atoms with E-state index in [1.807, 2.05) is 74.5 Å². The van der Waals surface area contributed by atoms with Gasteiger partial charge in [-0.3, -0.25) is 4.79 Å². The average molecular weight is 518 g/mol. The molecule has 3 aromatic rings. The van der Waals surface area contributed by atoms with Crippen LogP contribution in [0.5, 0.6) is 11.5 Å². The molecule has 0 bridgehead atoms. The molecular formula is C25H26BrClN2O3. The van der Waals surface area contributed by atoms with Gasteiger partial charge in [-0.25, -0.2) is 0 Å². The minimum atomic E-state index is -0.0672. The van der Waals surface area contributed by atoms with Crippen LogP contribution >= 0.6 is 27.5 Å². The molecule has 168 valence electrons. The number of halogens is 2. The van der Waals surface area contributed by atoms with Crippen LogP contribution in [0.25, 0.3) is 0 Å². The third-order valence-corrected chi connectivity index (χ3v) is 5.97. The second kappa shape index (κ2) is 11.2. The van der Waals surface area contributed by atoms with Gasteiger partial charge >= 0.3 is 0 Å². The molecule has 3 rings (SSSR count). The zero-order valence-corrected chi connectivity index (χ0v) is 20.6. The third-order valence-electron chi connectivity index (χ3n) is 4.86. The molecule has 5 nitrogen and oxygen atoms in total. The lowest BCUT2D eigenvalue weighted by Crippen LogP contribution is -2.17. The van der Waals surface area contributed by atoms with Crippen LogP contribution in [-0.2, 0) is 17.9 Å². The van der Waals surface area contributed by atoms with Gasteiger partial charge in [-0.05, 0) is 42.5 Å². The van der Waals surface area contributed by atoms with E-state index < -0.39 is 0 Å². The minimum Gasteiger partial charge on any atom is -0.493 e. The minimum absolute atomic E-state index is 0.00803. The second-order valence-electron chi connectivity index (χ2n) is 7.51. The van der Waals surface area contributed by atoms with Crippen molar-refractivity contribution in [1.29, 1.82) is 0 Å². The normalized spacial score (nSPS) is 10.7. The van der Waals surface area contributed by atoms with Crippen molar-refractivity contribution in [2.45, 2.75) is 27.0 Å². The van der Waals surface area contributed by atoms with E-state index in [1.165, 1.54) is 0 Å². The van der Waals surface area contributed by atoms with Gasteiger partial charge in [0.2, 0.25) is 5.91 Å². The molecule has 2 N–H and O–H groups in total. The standard InChI is InChI=1S/C25H26BrClN2O3/c1-16(2)25(30)29-19-10-8-18(9-11-19)28-14-20-21(26)12-13-23(31-3)24(20)32-15-17-6-4-5-7-22(17)27/h4-13,16,28H,14-15H2,1-3H3,(H,29,30). The van der Waals surface area contributed by atoms with Crippen LogP contribution < -0.4 is 20.1 Å². The van der Waals surface area contributed by atoms with E-state index in [9.17, 15) is 4.79 Å². The van der Waals surface area contributed by atoms with Crippen molar-refractivity contribution in [2.24, 2.45) is 5.92 Å². The lowest BCUT2D eigenvalue weighted by atomic mass is 10.1. The van der Waals surface area contributed by atoms with Crippen molar-refractivity contribution < 1.29 is 14.3 Å². The summed E-state index contributed by atoms with van der Waals surface area (Å²) in [5.41, 5.74) is 3.50. The van der Waals surface area contributed by atoms with Crippen LogP contribution in [0.2, 0.25) is 5.02 Å². The van der Waals surface area contributed by atoms with E-state index >= 15 is 0 Å². The average Bonchev–Trinajstić information content (AvgIpc) is 2.79. The van der Waals surface area contributed by atoms with Gasteiger partial charge in [0.05, 0.1) is 7.11 Å². The first-order valence-corrected chi connectivity index (χ1v) is 11.4. The predicted octanol–water partition coefficient (Wildman–Crippen LogP) is 6.90. The summed E-state index contributed by atoms with van der Waals surface area (Å²) in [5, 5.41) is 6.95. The molecule has 32 heavy (non-hydrogen) atoms. The molecule has 1 amide bonds. The number of anilines is 2. The van der Waals surface area contributed by atoms with Crippen molar-refractivity contribution >= 4 is 44.8 Å². The molecule has 0 saturated heterocycles. The predicted molar refractivity (Wildman–Crippen MR) is 134 cm³/mol. The summed E-state index contributed by atoms with van der Waals surface area (Å²) in [6.07, 6.45) is 0. The maximum atomic E-state index is 11.9. The number of nitrogens with one attached hydrogen (secondary N) is 2. The molecule has 0 aliphatic heterocycles. The molecule has 3 aromatic carbocycles. The first-order valence-electron chi connectivity index (χ1n) is 10.3. The number of amides is 1. The van der Waals surface area contributed by atoms with E-state index in [4.69, 9.17) is 21.1 Å². The van der Waals surface area contributed by atoms with Crippen molar-refractivity contribution in [1.82, 2.24) is 0 Å². The Morgan fingerprint density at radius 3 is 2.38 bits per heavy atom. The Morgan fingerprint density at radius 2 is 1.72 bits per heavy atom. The Bertz CT molecular complexity index is 1070. The second-order valence-corrected chi connectivity index (χ2v) is 8.77. The van der Waals surface area contributed by atoms with E-state index in [2.05, 4.69) is 26.6 Å². The molecule has 0 aromatic heterocycles. The van der Waals surface area contributed by atoms with E-state index in [0.717, 1.165) is 27.0 Å². The fraction of sp³-hybridized carbons (Fsp3) is 0.240. The lowest BCUT2D eigenvalue weighted by Gasteiger charge is -2.18. The summed E-state index contributed by atoms with van der Waals surface area (Å²) in [4.78, 5) is 11.9. The lowest BCUT2D eigenvalue weighted by molar-refractivity contribution is -0.118. The van der Waals surface area contributed by atoms with Crippen LogP contribution in [0.1, 0.15) is 25.0 Å². The van der Waals surface area contributed by atoms with Gasteiger partial charge in [-0.15, -0.1) is 0 Å². The summed E-state index contributed by atoms with van der Waals surface area (Å²) in [7, 11) is 1.62. The van der Waals surface area contributed by atoms with Gasteiger partial charge in [0.1, 0.15) is 6.61 Å². The summed E-state index contributed by atoms with van der Waals surface area (Å²) >= 11 is 9.91. The van der Waals surface area contributed by atoms with Crippen LogP contribution in [0, 0.1) is 5.92 Å². The molecule has 0 radical (unpaired) electrons. The van der Waals surface area contributed by atoms with Gasteiger partial charge in [-0.2, -0.15) is 0 Å². The summed E-state index contributed by atoms with van der Waals surface area (Å²) in [6, 6.07) is 19.0. The Kier molecular flexibility index (Phi) is 8.42. The van der Waals surface area contributed by atoms with Gasteiger partial charge in [-0.1, -0.05) is 59.6 Å². The molecule has 0 fully saturated rings. The Hall–Kier alpha value is -2.70. The van der Waals surface area contributed by atoms with Gasteiger partial charge < -0.3 is 20.1 Å². The van der Waals surface area contributed by atoms with Crippen molar-refractivity contribution in [3.05, 3.63) is 81.3 Å². The molecular weight excluding hydrogens is 492 g/mol. The van der Waals surface area contributed by atoms with Crippen molar-refractivity contribution in [3.63, 3.8) is 0 Å². The van der Waals surface area contributed by atoms with Crippen LogP contribution in [0.3, 0.4) is 0 Å². The molecule has 0 heterocycles. The van der Waals surface area contributed by atoms with E-state index in [1.54, 1.807) is 7.11 Å².